The van der Waals surface area contributed by atoms with E-state index in [4.69, 9.17) is 0 Å². The molecule has 1 N–H and O–H groups in total. The Morgan fingerprint density at radius 3 is 2.50 bits per heavy atom. The summed E-state index contributed by atoms with van der Waals surface area (Å²) in [6, 6.07) is 4.90. The van der Waals surface area contributed by atoms with Gasteiger partial charge in [-0.1, -0.05) is 0 Å². The third kappa shape index (κ3) is 4.59. The minimum absolute atomic E-state index is 0.106. The molecule has 1 aromatic carbocycles. The van der Waals surface area contributed by atoms with Crippen LogP contribution >= 0.6 is 0 Å². The van der Waals surface area contributed by atoms with E-state index >= 15 is 0 Å². The van der Waals surface area contributed by atoms with Crippen LogP contribution in [0.15, 0.2) is 48.9 Å². The SMILES string of the molecule is C[C@@H]1CN(C=CC=O)CCN1c1nccnc1Nc1ccc(C(F)(F)F)cc1. The number of benzene rings is 1. The highest BCUT2D eigenvalue weighted by Crippen LogP contribution is 2.31. The number of hydrogen-bond donors (Lipinski definition) is 1. The summed E-state index contributed by atoms with van der Waals surface area (Å²) in [6.45, 7) is 4.13. The van der Waals surface area contributed by atoms with Gasteiger partial charge in [0.25, 0.3) is 0 Å². The molecule has 2 aromatic rings. The Hall–Kier alpha value is -3.10. The second-order valence-corrected chi connectivity index (χ2v) is 6.44. The Labute approximate surface area is 160 Å². The van der Waals surface area contributed by atoms with Gasteiger partial charge in [-0.05, 0) is 37.3 Å². The maximum Gasteiger partial charge on any atom is 0.416 e. The molecule has 0 radical (unpaired) electrons. The number of carbonyl (C=O) groups excluding carboxylic acids is 1. The van der Waals surface area contributed by atoms with E-state index in [1.54, 1.807) is 12.4 Å². The molecule has 6 nitrogen and oxygen atoms in total. The van der Waals surface area contributed by atoms with Gasteiger partial charge in [0.15, 0.2) is 11.6 Å². The fraction of sp³-hybridized carbons (Fsp3) is 0.316. The predicted octanol–water partition coefficient (Wildman–Crippen LogP) is 3.46. The van der Waals surface area contributed by atoms with E-state index in [2.05, 4.69) is 25.1 Å². The van der Waals surface area contributed by atoms with Gasteiger partial charge in [0.1, 0.15) is 6.29 Å². The molecule has 1 fully saturated rings. The lowest BCUT2D eigenvalue weighted by molar-refractivity contribution is -0.137. The molecular weight excluding hydrogens is 371 g/mol. The molecule has 2 heterocycles. The summed E-state index contributed by atoms with van der Waals surface area (Å²) < 4.78 is 38.2. The average Bonchev–Trinajstić information content (AvgIpc) is 2.67. The molecule has 1 atom stereocenters. The Kier molecular flexibility index (Phi) is 5.81. The lowest BCUT2D eigenvalue weighted by Crippen LogP contribution is -2.50. The first-order valence-corrected chi connectivity index (χ1v) is 8.76. The smallest absolute Gasteiger partial charge is 0.373 e. The van der Waals surface area contributed by atoms with E-state index in [1.807, 2.05) is 6.92 Å². The van der Waals surface area contributed by atoms with E-state index in [0.29, 0.717) is 37.0 Å². The van der Waals surface area contributed by atoms with E-state index < -0.39 is 11.7 Å². The average molecular weight is 391 g/mol. The molecule has 1 aromatic heterocycles. The number of aromatic nitrogens is 2. The van der Waals surface area contributed by atoms with Crippen molar-refractivity contribution in [2.24, 2.45) is 0 Å². The van der Waals surface area contributed by atoms with E-state index in [0.717, 1.165) is 18.4 Å². The van der Waals surface area contributed by atoms with Crippen molar-refractivity contribution in [1.29, 1.82) is 0 Å². The number of piperazine rings is 1. The van der Waals surface area contributed by atoms with Crippen molar-refractivity contribution < 1.29 is 18.0 Å². The van der Waals surface area contributed by atoms with Gasteiger partial charge in [-0.2, -0.15) is 13.2 Å². The highest BCUT2D eigenvalue weighted by molar-refractivity contribution is 5.69. The summed E-state index contributed by atoms with van der Waals surface area (Å²) in [5.41, 5.74) is -0.208. The van der Waals surface area contributed by atoms with Crippen molar-refractivity contribution in [3.63, 3.8) is 0 Å². The standard InChI is InChI=1S/C19H20F3N5O/c1-14-13-26(9-2-12-28)10-11-27(14)18-17(23-7-8-24-18)25-16-5-3-15(4-6-16)19(20,21)22/h2-9,12,14H,10-11,13H2,1H3,(H,23,25)/t14-/m1/s1. The summed E-state index contributed by atoms with van der Waals surface area (Å²) in [7, 11) is 0. The summed E-state index contributed by atoms with van der Waals surface area (Å²) in [5, 5.41) is 3.06. The number of allylic oxidation sites excluding steroid dienone is 1. The zero-order chi connectivity index (χ0) is 20.1. The van der Waals surface area contributed by atoms with E-state index in [1.165, 1.54) is 24.4 Å². The molecule has 0 amide bonds. The molecule has 0 bridgehead atoms. The lowest BCUT2D eigenvalue weighted by Gasteiger charge is -2.40. The van der Waals surface area contributed by atoms with Crippen molar-refractivity contribution >= 4 is 23.6 Å². The van der Waals surface area contributed by atoms with Gasteiger partial charge in [0, 0.05) is 50.0 Å². The second kappa shape index (κ2) is 8.28. The van der Waals surface area contributed by atoms with Crippen molar-refractivity contribution in [2.75, 3.05) is 29.9 Å². The van der Waals surface area contributed by atoms with Crippen LogP contribution in [-0.2, 0) is 11.0 Å². The second-order valence-electron chi connectivity index (χ2n) is 6.44. The molecule has 3 rings (SSSR count). The van der Waals surface area contributed by atoms with Crippen LogP contribution in [-0.4, -0.2) is 46.8 Å². The Bertz CT molecular complexity index is 838. The van der Waals surface area contributed by atoms with Crippen LogP contribution < -0.4 is 10.2 Å². The van der Waals surface area contributed by atoms with Gasteiger partial charge < -0.3 is 15.1 Å². The highest BCUT2D eigenvalue weighted by Gasteiger charge is 2.30. The summed E-state index contributed by atoms with van der Waals surface area (Å²) >= 11 is 0. The number of halogens is 3. The first kappa shape index (κ1) is 19.7. The molecule has 28 heavy (non-hydrogen) atoms. The molecule has 1 saturated heterocycles. The van der Waals surface area contributed by atoms with Crippen LogP contribution in [0.1, 0.15) is 12.5 Å². The first-order chi connectivity index (χ1) is 13.4. The van der Waals surface area contributed by atoms with E-state index in [9.17, 15) is 18.0 Å². The zero-order valence-electron chi connectivity index (χ0n) is 15.2. The Morgan fingerprint density at radius 2 is 1.86 bits per heavy atom. The van der Waals surface area contributed by atoms with Crippen molar-refractivity contribution in [1.82, 2.24) is 14.9 Å². The number of nitrogens with zero attached hydrogens (tertiary/aromatic N) is 4. The molecule has 0 aliphatic carbocycles. The molecule has 0 spiro atoms. The Balaban J connectivity index is 1.76. The molecule has 1 aliphatic rings. The molecule has 148 valence electrons. The van der Waals surface area contributed by atoms with Crippen LogP contribution in [0.5, 0.6) is 0 Å². The normalized spacial score (nSPS) is 17.8. The minimum atomic E-state index is -4.37. The van der Waals surface area contributed by atoms with Crippen LogP contribution in [0.25, 0.3) is 0 Å². The van der Waals surface area contributed by atoms with Crippen molar-refractivity contribution in [2.45, 2.75) is 19.1 Å². The number of alkyl halides is 3. The Morgan fingerprint density at radius 1 is 1.14 bits per heavy atom. The maximum atomic E-state index is 12.7. The first-order valence-electron chi connectivity index (χ1n) is 8.76. The topological polar surface area (TPSA) is 61.4 Å². The predicted molar refractivity (Wildman–Crippen MR) is 100 cm³/mol. The quantitative estimate of drug-likeness (QED) is 0.622. The van der Waals surface area contributed by atoms with Gasteiger partial charge in [-0.15, -0.1) is 0 Å². The lowest BCUT2D eigenvalue weighted by atomic mass is 10.2. The molecule has 0 unspecified atom stereocenters. The number of carbonyl (C=O) groups is 1. The number of nitrogens with one attached hydrogen (secondary N) is 1. The van der Waals surface area contributed by atoms with Gasteiger partial charge in [0.05, 0.1) is 5.56 Å². The van der Waals surface area contributed by atoms with Crippen LogP contribution in [0.3, 0.4) is 0 Å². The van der Waals surface area contributed by atoms with Gasteiger partial charge in [-0.3, -0.25) is 4.79 Å². The van der Waals surface area contributed by atoms with Gasteiger partial charge in [-0.25, -0.2) is 9.97 Å². The summed E-state index contributed by atoms with van der Waals surface area (Å²) in [6.07, 6.45) is 2.71. The number of anilines is 3. The third-order valence-electron chi connectivity index (χ3n) is 4.46. The molecule has 0 saturated carbocycles. The molecular formula is C19H20F3N5O. The zero-order valence-corrected chi connectivity index (χ0v) is 15.2. The van der Waals surface area contributed by atoms with Crippen molar-refractivity contribution in [3.8, 4) is 0 Å². The van der Waals surface area contributed by atoms with Gasteiger partial charge in [0.2, 0.25) is 0 Å². The number of rotatable bonds is 5. The number of hydrogen-bond acceptors (Lipinski definition) is 6. The molecule has 9 heteroatoms. The van der Waals surface area contributed by atoms with Crippen molar-refractivity contribution in [3.05, 3.63) is 54.5 Å². The molecule has 1 aliphatic heterocycles. The van der Waals surface area contributed by atoms with Crippen LogP contribution in [0, 0.1) is 0 Å². The summed E-state index contributed by atoms with van der Waals surface area (Å²) in [4.78, 5) is 23.4. The van der Waals surface area contributed by atoms with Crippen LogP contribution in [0.2, 0.25) is 0 Å². The minimum Gasteiger partial charge on any atom is -0.373 e. The van der Waals surface area contributed by atoms with E-state index in [-0.39, 0.29) is 6.04 Å². The highest BCUT2D eigenvalue weighted by atomic mass is 19.4. The fourth-order valence-electron chi connectivity index (χ4n) is 3.10. The summed E-state index contributed by atoms with van der Waals surface area (Å²) in [5.74, 6) is 1.11. The van der Waals surface area contributed by atoms with Crippen LogP contribution in [0.4, 0.5) is 30.5 Å². The largest absolute Gasteiger partial charge is 0.416 e. The maximum absolute atomic E-state index is 12.7. The van der Waals surface area contributed by atoms with Gasteiger partial charge >= 0.3 is 6.18 Å². The monoisotopic (exact) mass is 391 g/mol. The number of aldehydes is 1. The fourth-order valence-corrected chi connectivity index (χ4v) is 3.10. The third-order valence-corrected chi connectivity index (χ3v) is 4.46.